The molecule has 0 saturated heterocycles. The Hall–Kier alpha value is -2.67. The minimum absolute atomic E-state index is 0.124. The summed E-state index contributed by atoms with van der Waals surface area (Å²) in [7, 11) is 0. The first-order valence-electron chi connectivity index (χ1n) is 9.76. The van der Waals surface area contributed by atoms with Gasteiger partial charge in [0.15, 0.2) is 11.5 Å². The van der Waals surface area contributed by atoms with Crippen LogP contribution >= 0.6 is 11.8 Å². The van der Waals surface area contributed by atoms with Crippen molar-refractivity contribution in [2.45, 2.75) is 36.5 Å². The van der Waals surface area contributed by atoms with Crippen LogP contribution in [0.5, 0.6) is 11.5 Å². The lowest BCUT2D eigenvalue weighted by Gasteiger charge is -2.27. The molecule has 29 heavy (non-hydrogen) atoms. The molecule has 0 radical (unpaired) electrons. The maximum atomic E-state index is 12.8. The molecule has 2 N–H and O–H groups in total. The van der Waals surface area contributed by atoms with Gasteiger partial charge in [0.2, 0.25) is 11.8 Å². The number of nitrogens with one attached hydrogen (secondary N) is 2. The SMILES string of the molecule is CC(C)[C@H](NC(=O)C[C@H]1Sc2ccccc2NC1=O)c1ccc2c(c1)OCCO2. The van der Waals surface area contributed by atoms with E-state index in [-0.39, 0.29) is 30.2 Å². The minimum Gasteiger partial charge on any atom is -0.486 e. The molecule has 152 valence electrons. The van der Waals surface area contributed by atoms with Gasteiger partial charge in [-0.3, -0.25) is 9.59 Å². The van der Waals surface area contributed by atoms with Crippen LogP contribution in [-0.2, 0) is 9.59 Å². The summed E-state index contributed by atoms with van der Waals surface area (Å²) in [5, 5.41) is 5.54. The van der Waals surface area contributed by atoms with Crippen molar-refractivity contribution in [3.8, 4) is 11.5 Å². The summed E-state index contributed by atoms with van der Waals surface area (Å²) in [6, 6.07) is 13.2. The third kappa shape index (κ3) is 4.34. The molecule has 6 nitrogen and oxygen atoms in total. The van der Waals surface area contributed by atoms with Gasteiger partial charge in [-0.2, -0.15) is 0 Å². The summed E-state index contributed by atoms with van der Waals surface area (Å²) in [5.41, 5.74) is 1.76. The molecule has 0 saturated carbocycles. The van der Waals surface area contributed by atoms with E-state index < -0.39 is 5.25 Å². The molecule has 2 heterocycles. The van der Waals surface area contributed by atoms with E-state index in [1.807, 2.05) is 42.5 Å². The molecule has 0 bridgehead atoms. The molecule has 7 heteroatoms. The van der Waals surface area contributed by atoms with Gasteiger partial charge in [0, 0.05) is 11.3 Å². The van der Waals surface area contributed by atoms with Crippen molar-refractivity contribution in [1.29, 1.82) is 0 Å². The highest BCUT2D eigenvalue weighted by molar-refractivity contribution is 8.01. The number of para-hydroxylation sites is 1. The van der Waals surface area contributed by atoms with Crippen molar-refractivity contribution in [1.82, 2.24) is 5.32 Å². The first kappa shape index (κ1) is 19.6. The summed E-state index contributed by atoms with van der Waals surface area (Å²) >= 11 is 1.43. The van der Waals surface area contributed by atoms with Crippen molar-refractivity contribution in [3.63, 3.8) is 0 Å². The monoisotopic (exact) mass is 412 g/mol. The molecule has 2 aromatic rings. The molecule has 4 rings (SSSR count). The number of anilines is 1. The Kier molecular flexibility index (Phi) is 5.67. The van der Waals surface area contributed by atoms with Crippen LogP contribution in [0.2, 0.25) is 0 Å². The van der Waals surface area contributed by atoms with Gasteiger partial charge in [0.05, 0.1) is 17.0 Å². The molecular formula is C22H24N2O4S. The number of fused-ring (bicyclic) bond motifs is 2. The summed E-state index contributed by atoms with van der Waals surface area (Å²) < 4.78 is 11.3. The molecule has 2 aromatic carbocycles. The van der Waals surface area contributed by atoms with E-state index in [1.165, 1.54) is 11.8 Å². The highest BCUT2D eigenvalue weighted by Gasteiger charge is 2.30. The highest BCUT2D eigenvalue weighted by atomic mass is 32.2. The van der Waals surface area contributed by atoms with Gasteiger partial charge < -0.3 is 20.1 Å². The molecule has 2 aliphatic heterocycles. The zero-order valence-corrected chi connectivity index (χ0v) is 17.3. The van der Waals surface area contributed by atoms with Crippen LogP contribution in [-0.4, -0.2) is 30.3 Å². The summed E-state index contributed by atoms with van der Waals surface area (Å²) in [5.74, 6) is 1.32. The molecular weight excluding hydrogens is 388 g/mol. The van der Waals surface area contributed by atoms with Crippen LogP contribution in [0, 0.1) is 5.92 Å². The van der Waals surface area contributed by atoms with Gasteiger partial charge in [-0.15, -0.1) is 11.8 Å². The second kappa shape index (κ2) is 8.37. The third-order valence-corrected chi connectivity index (χ3v) is 6.26. The van der Waals surface area contributed by atoms with Crippen molar-refractivity contribution in [2.24, 2.45) is 5.92 Å². The van der Waals surface area contributed by atoms with E-state index in [1.54, 1.807) is 0 Å². The largest absolute Gasteiger partial charge is 0.486 e. The predicted octanol–water partition coefficient (Wildman–Crippen LogP) is 3.77. The highest BCUT2D eigenvalue weighted by Crippen LogP contribution is 2.37. The Morgan fingerprint density at radius 3 is 2.72 bits per heavy atom. The number of carbonyl (C=O) groups is 2. The average molecular weight is 413 g/mol. The quantitative estimate of drug-likeness (QED) is 0.782. The van der Waals surface area contributed by atoms with E-state index >= 15 is 0 Å². The number of rotatable bonds is 5. The van der Waals surface area contributed by atoms with Crippen LogP contribution in [0.25, 0.3) is 0 Å². The lowest BCUT2D eigenvalue weighted by Crippen LogP contribution is -2.37. The molecule has 0 aromatic heterocycles. The summed E-state index contributed by atoms with van der Waals surface area (Å²) in [4.78, 5) is 26.2. The fourth-order valence-electron chi connectivity index (χ4n) is 3.52. The van der Waals surface area contributed by atoms with Crippen LogP contribution in [0.1, 0.15) is 31.9 Å². The van der Waals surface area contributed by atoms with Gasteiger partial charge >= 0.3 is 0 Å². The smallest absolute Gasteiger partial charge is 0.238 e. The van der Waals surface area contributed by atoms with Gasteiger partial charge in [0.25, 0.3) is 0 Å². The summed E-state index contributed by atoms with van der Waals surface area (Å²) in [6.07, 6.45) is 0.124. The zero-order valence-electron chi connectivity index (χ0n) is 16.4. The third-order valence-electron chi connectivity index (χ3n) is 4.99. The standard InChI is InChI=1S/C22H24N2O4S/c1-13(2)21(14-7-8-16-17(11-14)28-10-9-27-16)24-20(25)12-19-22(26)23-15-5-3-4-6-18(15)29-19/h3-8,11,13,19,21H,9-10,12H2,1-2H3,(H,23,26)(H,24,25)/t19-,21+/m1/s1. The second-order valence-corrected chi connectivity index (χ2v) is 8.73. The number of hydrogen-bond acceptors (Lipinski definition) is 5. The lowest BCUT2D eigenvalue weighted by molar-refractivity contribution is -0.124. The number of hydrogen-bond donors (Lipinski definition) is 2. The van der Waals surface area contributed by atoms with E-state index in [4.69, 9.17) is 9.47 Å². The van der Waals surface area contributed by atoms with Gasteiger partial charge in [-0.05, 0) is 35.7 Å². The Labute approximate surface area is 174 Å². The van der Waals surface area contributed by atoms with Crippen LogP contribution in [0.4, 0.5) is 5.69 Å². The van der Waals surface area contributed by atoms with E-state index in [2.05, 4.69) is 24.5 Å². The minimum atomic E-state index is -0.446. The molecule has 0 fully saturated rings. The maximum Gasteiger partial charge on any atom is 0.238 e. The van der Waals surface area contributed by atoms with Crippen molar-refractivity contribution < 1.29 is 19.1 Å². The number of carbonyl (C=O) groups excluding carboxylic acids is 2. The molecule has 2 atom stereocenters. The van der Waals surface area contributed by atoms with Crippen molar-refractivity contribution in [2.75, 3.05) is 18.5 Å². The van der Waals surface area contributed by atoms with Gasteiger partial charge in [-0.25, -0.2) is 0 Å². The number of benzene rings is 2. The van der Waals surface area contributed by atoms with E-state index in [0.29, 0.717) is 19.0 Å². The molecule has 2 amide bonds. The maximum absolute atomic E-state index is 12.8. The van der Waals surface area contributed by atoms with E-state index in [0.717, 1.165) is 21.9 Å². The number of amides is 2. The second-order valence-electron chi connectivity index (χ2n) is 7.49. The summed E-state index contributed by atoms with van der Waals surface area (Å²) in [6.45, 7) is 5.17. The Balaban J connectivity index is 1.45. The normalized spacial score (nSPS) is 18.6. The van der Waals surface area contributed by atoms with Crippen LogP contribution in [0.15, 0.2) is 47.4 Å². The molecule has 0 aliphatic carbocycles. The average Bonchev–Trinajstić information content (AvgIpc) is 2.72. The van der Waals surface area contributed by atoms with Gasteiger partial charge in [-0.1, -0.05) is 32.0 Å². The topological polar surface area (TPSA) is 76.7 Å². The lowest BCUT2D eigenvalue weighted by atomic mass is 9.95. The molecule has 0 spiro atoms. The van der Waals surface area contributed by atoms with Crippen molar-refractivity contribution >= 4 is 29.3 Å². The fourth-order valence-corrected chi connectivity index (χ4v) is 4.63. The number of ether oxygens (including phenoxy) is 2. The van der Waals surface area contributed by atoms with E-state index in [9.17, 15) is 9.59 Å². The Morgan fingerprint density at radius 2 is 1.93 bits per heavy atom. The van der Waals surface area contributed by atoms with Crippen molar-refractivity contribution in [3.05, 3.63) is 48.0 Å². The first-order valence-corrected chi connectivity index (χ1v) is 10.6. The number of thioether (sulfide) groups is 1. The Bertz CT molecular complexity index is 931. The molecule has 0 unspecified atom stereocenters. The van der Waals surface area contributed by atoms with Crippen LogP contribution < -0.4 is 20.1 Å². The fraction of sp³-hybridized carbons (Fsp3) is 0.364. The predicted molar refractivity (Wildman–Crippen MR) is 112 cm³/mol. The molecule has 2 aliphatic rings. The zero-order chi connectivity index (χ0) is 20.4. The first-order chi connectivity index (χ1) is 14.0. The van der Waals surface area contributed by atoms with Crippen LogP contribution in [0.3, 0.4) is 0 Å². The van der Waals surface area contributed by atoms with Gasteiger partial charge in [0.1, 0.15) is 13.2 Å². The Morgan fingerprint density at radius 1 is 1.17 bits per heavy atom.